The van der Waals surface area contributed by atoms with E-state index in [4.69, 9.17) is 9.47 Å². The van der Waals surface area contributed by atoms with E-state index >= 15 is 0 Å². The van der Waals surface area contributed by atoms with Crippen LogP contribution in [0.5, 0.6) is 11.6 Å². The number of hydrogen-bond acceptors (Lipinski definition) is 4. The van der Waals surface area contributed by atoms with E-state index in [9.17, 15) is 4.79 Å². The molecule has 0 aliphatic carbocycles. The molecule has 1 aliphatic rings. The predicted octanol–water partition coefficient (Wildman–Crippen LogP) is 2.23. The molecule has 2 aromatic rings. The first-order valence-corrected chi connectivity index (χ1v) is 6.84. The average molecular weight is 287 g/mol. The fraction of sp³-hybridized carbons (Fsp3) is 0.333. The first-order valence-electron chi connectivity index (χ1n) is 6.84. The number of aromatic nitrogens is 2. The van der Waals surface area contributed by atoms with Crippen molar-refractivity contribution in [3.05, 3.63) is 35.5 Å². The molecule has 6 nitrogen and oxygen atoms in total. The lowest BCUT2D eigenvalue weighted by Crippen LogP contribution is -2.16. The molecule has 1 amide bonds. The van der Waals surface area contributed by atoms with Crippen LogP contribution in [-0.2, 0) is 6.54 Å². The zero-order valence-electron chi connectivity index (χ0n) is 12.0. The SMILES string of the molecule is COc1ccc(C)cc1NC(=O)c1cc2n(n1)CCCO2. The van der Waals surface area contributed by atoms with Gasteiger partial charge < -0.3 is 14.8 Å². The van der Waals surface area contributed by atoms with Crippen LogP contribution in [0.15, 0.2) is 24.3 Å². The number of nitrogens with zero attached hydrogens (tertiary/aromatic N) is 2. The third kappa shape index (κ3) is 2.69. The quantitative estimate of drug-likeness (QED) is 0.940. The third-order valence-corrected chi connectivity index (χ3v) is 3.34. The molecule has 0 radical (unpaired) electrons. The van der Waals surface area contributed by atoms with Crippen LogP contribution in [0.1, 0.15) is 22.5 Å². The number of amides is 1. The Balaban J connectivity index is 1.83. The maximum absolute atomic E-state index is 12.3. The number of nitrogens with one attached hydrogen (secondary N) is 1. The summed E-state index contributed by atoms with van der Waals surface area (Å²) in [5.74, 6) is 0.987. The zero-order chi connectivity index (χ0) is 14.8. The van der Waals surface area contributed by atoms with E-state index < -0.39 is 0 Å². The van der Waals surface area contributed by atoms with Crippen LogP contribution >= 0.6 is 0 Å². The molecule has 21 heavy (non-hydrogen) atoms. The van der Waals surface area contributed by atoms with Crippen LogP contribution < -0.4 is 14.8 Å². The summed E-state index contributed by atoms with van der Waals surface area (Å²) in [7, 11) is 1.57. The van der Waals surface area contributed by atoms with E-state index in [1.165, 1.54) is 0 Å². The monoisotopic (exact) mass is 287 g/mol. The molecular formula is C15H17N3O3. The molecule has 1 aliphatic heterocycles. The van der Waals surface area contributed by atoms with E-state index in [-0.39, 0.29) is 5.91 Å². The molecule has 0 atom stereocenters. The molecule has 0 saturated carbocycles. The maximum atomic E-state index is 12.3. The summed E-state index contributed by atoms with van der Waals surface area (Å²) in [5.41, 5.74) is 2.02. The maximum Gasteiger partial charge on any atom is 0.276 e. The largest absolute Gasteiger partial charge is 0.495 e. The van der Waals surface area contributed by atoms with Crippen LogP contribution in [0.25, 0.3) is 0 Å². The Morgan fingerprint density at radius 1 is 1.43 bits per heavy atom. The van der Waals surface area contributed by atoms with Crippen LogP contribution in [0.4, 0.5) is 5.69 Å². The second-order valence-corrected chi connectivity index (χ2v) is 4.95. The van der Waals surface area contributed by atoms with Gasteiger partial charge in [0.2, 0.25) is 5.88 Å². The number of benzene rings is 1. The summed E-state index contributed by atoms with van der Waals surface area (Å²) in [4.78, 5) is 12.3. The molecule has 0 bridgehead atoms. The topological polar surface area (TPSA) is 65.4 Å². The molecule has 6 heteroatoms. The van der Waals surface area contributed by atoms with Crippen molar-refractivity contribution in [2.75, 3.05) is 19.0 Å². The number of ether oxygens (including phenoxy) is 2. The molecule has 0 spiro atoms. The number of aryl methyl sites for hydroxylation is 2. The van der Waals surface area contributed by atoms with Gasteiger partial charge in [0, 0.05) is 19.0 Å². The van der Waals surface area contributed by atoms with Crippen LogP contribution in [0.3, 0.4) is 0 Å². The number of fused-ring (bicyclic) bond motifs is 1. The third-order valence-electron chi connectivity index (χ3n) is 3.34. The van der Waals surface area contributed by atoms with Crippen molar-refractivity contribution in [3.63, 3.8) is 0 Å². The normalized spacial score (nSPS) is 13.2. The summed E-state index contributed by atoms with van der Waals surface area (Å²) in [5, 5.41) is 7.10. The Hall–Kier alpha value is -2.50. The number of anilines is 1. The highest BCUT2D eigenvalue weighted by molar-refractivity contribution is 6.03. The van der Waals surface area contributed by atoms with Crippen LogP contribution in [0, 0.1) is 6.92 Å². The van der Waals surface area contributed by atoms with Crippen molar-refractivity contribution in [1.82, 2.24) is 9.78 Å². The number of hydrogen-bond donors (Lipinski definition) is 1. The van der Waals surface area contributed by atoms with Gasteiger partial charge in [-0.25, -0.2) is 4.68 Å². The number of carbonyl (C=O) groups is 1. The van der Waals surface area contributed by atoms with E-state index in [0.717, 1.165) is 18.5 Å². The Bertz CT molecular complexity index is 655. The second kappa shape index (κ2) is 5.47. The smallest absolute Gasteiger partial charge is 0.276 e. The Labute approximate surface area is 122 Å². The van der Waals surface area contributed by atoms with Gasteiger partial charge >= 0.3 is 0 Å². The minimum atomic E-state index is -0.274. The lowest BCUT2D eigenvalue weighted by Gasteiger charge is -2.13. The predicted molar refractivity (Wildman–Crippen MR) is 78.0 cm³/mol. The summed E-state index contributed by atoms with van der Waals surface area (Å²) in [6, 6.07) is 7.28. The van der Waals surface area contributed by atoms with Gasteiger partial charge in [0.05, 0.1) is 19.4 Å². The zero-order valence-corrected chi connectivity index (χ0v) is 12.0. The standard InChI is InChI=1S/C15H17N3O3/c1-10-4-5-13(20-2)11(8-10)16-15(19)12-9-14-18(17-12)6-3-7-21-14/h4-5,8-9H,3,6-7H2,1-2H3,(H,16,19). The minimum absolute atomic E-state index is 0.274. The summed E-state index contributed by atoms with van der Waals surface area (Å²) in [6.07, 6.45) is 0.904. The molecule has 1 aromatic carbocycles. The molecule has 0 fully saturated rings. The molecule has 1 N–H and O–H groups in total. The molecule has 0 saturated heterocycles. The molecule has 0 unspecified atom stereocenters. The van der Waals surface area contributed by atoms with Gasteiger partial charge in [-0.05, 0) is 24.6 Å². The van der Waals surface area contributed by atoms with Crippen molar-refractivity contribution < 1.29 is 14.3 Å². The highest BCUT2D eigenvalue weighted by atomic mass is 16.5. The van der Waals surface area contributed by atoms with Gasteiger partial charge in [0.15, 0.2) is 5.69 Å². The fourth-order valence-electron chi connectivity index (χ4n) is 2.28. The van der Waals surface area contributed by atoms with Crippen molar-refractivity contribution >= 4 is 11.6 Å². The minimum Gasteiger partial charge on any atom is -0.495 e. The van der Waals surface area contributed by atoms with Crippen molar-refractivity contribution in [2.24, 2.45) is 0 Å². The van der Waals surface area contributed by atoms with Gasteiger partial charge in [-0.3, -0.25) is 4.79 Å². The molecular weight excluding hydrogens is 270 g/mol. The second-order valence-electron chi connectivity index (χ2n) is 4.95. The van der Waals surface area contributed by atoms with Gasteiger partial charge in [-0.1, -0.05) is 6.07 Å². The van der Waals surface area contributed by atoms with Gasteiger partial charge in [0.1, 0.15) is 5.75 Å². The van der Waals surface area contributed by atoms with Gasteiger partial charge in [-0.2, -0.15) is 5.10 Å². The highest BCUT2D eigenvalue weighted by Gasteiger charge is 2.18. The summed E-state index contributed by atoms with van der Waals surface area (Å²) in [6.45, 7) is 3.40. The van der Waals surface area contributed by atoms with E-state index in [0.29, 0.717) is 29.6 Å². The molecule has 2 heterocycles. The number of methoxy groups -OCH3 is 1. The molecule has 3 rings (SSSR count). The highest BCUT2D eigenvalue weighted by Crippen LogP contribution is 2.26. The van der Waals surface area contributed by atoms with Crippen molar-refractivity contribution in [2.45, 2.75) is 19.9 Å². The fourth-order valence-corrected chi connectivity index (χ4v) is 2.28. The van der Waals surface area contributed by atoms with Crippen molar-refractivity contribution in [1.29, 1.82) is 0 Å². The van der Waals surface area contributed by atoms with Crippen LogP contribution in [-0.4, -0.2) is 29.4 Å². The average Bonchev–Trinajstić information content (AvgIpc) is 2.91. The lowest BCUT2D eigenvalue weighted by atomic mass is 10.2. The molecule has 1 aromatic heterocycles. The summed E-state index contributed by atoms with van der Waals surface area (Å²) >= 11 is 0. The first kappa shape index (κ1) is 13.5. The lowest BCUT2D eigenvalue weighted by molar-refractivity contribution is 0.102. The Morgan fingerprint density at radius 3 is 3.05 bits per heavy atom. The van der Waals surface area contributed by atoms with Gasteiger partial charge in [-0.15, -0.1) is 0 Å². The van der Waals surface area contributed by atoms with E-state index in [1.54, 1.807) is 17.9 Å². The molecule has 110 valence electrons. The van der Waals surface area contributed by atoms with E-state index in [1.807, 2.05) is 25.1 Å². The van der Waals surface area contributed by atoms with Gasteiger partial charge in [0.25, 0.3) is 5.91 Å². The number of carbonyl (C=O) groups excluding carboxylic acids is 1. The van der Waals surface area contributed by atoms with Crippen LogP contribution in [0.2, 0.25) is 0 Å². The Morgan fingerprint density at radius 2 is 2.29 bits per heavy atom. The number of rotatable bonds is 3. The Kier molecular flexibility index (Phi) is 3.51. The van der Waals surface area contributed by atoms with E-state index in [2.05, 4.69) is 10.4 Å². The first-order chi connectivity index (χ1) is 10.2. The van der Waals surface area contributed by atoms with Crippen molar-refractivity contribution in [3.8, 4) is 11.6 Å². The summed E-state index contributed by atoms with van der Waals surface area (Å²) < 4.78 is 12.4.